The van der Waals surface area contributed by atoms with Crippen molar-refractivity contribution in [3.63, 3.8) is 0 Å². The number of anilines is 1. The lowest BCUT2D eigenvalue weighted by molar-refractivity contribution is -0.122. The number of carbonyl (C=O) groups excluding carboxylic acids is 2. The van der Waals surface area contributed by atoms with Crippen LogP contribution in [-0.2, 0) is 9.59 Å². The van der Waals surface area contributed by atoms with Crippen LogP contribution in [0.2, 0.25) is 0 Å². The third-order valence-corrected chi connectivity index (χ3v) is 6.65. The monoisotopic (exact) mass is 369 g/mol. The van der Waals surface area contributed by atoms with E-state index >= 15 is 0 Å². The Kier molecular flexibility index (Phi) is 3.70. The third kappa shape index (κ3) is 2.22. The van der Waals surface area contributed by atoms with Crippen LogP contribution in [0.3, 0.4) is 0 Å². The van der Waals surface area contributed by atoms with E-state index in [1.807, 2.05) is 50.2 Å². The van der Waals surface area contributed by atoms with Gasteiger partial charge < -0.3 is 0 Å². The zero-order valence-corrected chi connectivity index (χ0v) is 16.3. The number of amides is 2. The Morgan fingerprint density at radius 3 is 2.04 bits per heavy atom. The zero-order valence-electron chi connectivity index (χ0n) is 16.3. The van der Waals surface area contributed by atoms with Gasteiger partial charge in [-0.05, 0) is 43.5 Å². The van der Waals surface area contributed by atoms with Gasteiger partial charge in [-0.25, -0.2) is 4.90 Å². The number of hydrogen-bond donors (Lipinski definition) is 0. The van der Waals surface area contributed by atoms with Gasteiger partial charge in [-0.15, -0.1) is 0 Å². The molecule has 4 atom stereocenters. The predicted octanol–water partition coefficient (Wildman–Crippen LogP) is 4.70. The summed E-state index contributed by atoms with van der Waals surface area (Å²) in [7, 11) is 0. The Labute approximate surface area is 165 Å². The predicted molar refractivity (Wildman–Crippen MR) is 111 cm³/mol. The summed E-state index contributed by atoms with van der Waals surface area (Å²) in [6.45, 7) is 6.11. The number of benzene rings is 2. The Bertz CT molecular complexity index is 1030. The fraction of sp³-hybridized carbons (Fsp3) is 0.280. The number of hydrogen-bond acceptors (Lipinski definition) is 2. The van der Waals surface area contributed by atoms with Crippen LogP contribution in [0, 0.1) is 37.5 Å². The molecule has 3 nitrogen and oxygen atoms in total. The van der Waals surface area contributed by atoms with Crippen LogP contribution in [0.25, 0.3) is 5.57 Å². The maximum Gasteiger partial charge on any atom is 0.238 e. The van der Waals surface area contributed by atoms with Gasteiger partial charge in [0.2, 0.25) is 11.8 Å². The normalized spacial score (nSPS) is 29.6. The number of rotatable bonds is 2. The summed E-state index contributed by atoms with van der Waals surface area (Å²) in [4.78, 5) is 28.2. The Morgan fingerprint density at radius 1 is 0.857 bits per heavy atom. The molecule has 2 aromatic rings. The fourth-order valence-electron chi connectivity index (χ4n) is 5.41. The van der Waals surface area contributed by atoms with Crippen molar-refractivity contribution in [1.29, 1.82) is 0 Å². The summed E-state index contributed by atoms with van der Waals surface area (Å²) >= 11 is 0. The van der Waals surface area contributed by atoms with Gasteiger partial charge in [-0.2, -0.15) is 0 Å². The smallest absolute Gasteiger partial charge is 0.238 e. The first kappa shape index (κ1) is 17.2. The van der Waals surface area contributed by atoms with E-state index in [4.69, 9.17) is 0 Å². The second kappa shape index (κ2) is 6.03. The molecule has 2 aromatic carbocycles. The summed E-state index contributed by atoms with van der Waals surface area (Å²) in [5, 5.41) is 0. The molecule has 2 amide bonds. The number of nitrogens with zero attached hydrogens (tertiary/aromatic N) is 1. The molecule has 28 heavy (non-hydrogen) atoms. The zero-order chi connectivity index (χ0) is 19.6. The average molecular weight is 369 g/mol. The first-order chi connectivity index (χ1) is 13.5. The highest BCUT2D eigenvalue weighted by molar-refractivity contribution is 6.23. The molecule has 1 aliphatic heterocycles. The highest BCUT2D eigenvalue weighted by Crippen LogP contribution is 2.58. The molecule has 1 heterocycles. The van der Waals surface area contributed by atoms with Crippen molar-refractivity contribution in [1.82, 2.24) is 0 Å². The molecule has 3 aliphatic rings. The van der Waals surface area contributed by atoms with Crippen molar-refractivity contribution in [3.05, 3.63) is 82.9 Å². The summed E-state index contributed by atoms with van der Waals surface area (Å²) < 4.78 is 0. The quantitative estimate of drug-likeness (QED) is 0.568. The molecule has 2 aliphatic carbocycles. The highest BCUT2D eigenvalue weighted by atomic mass is 16.2. The van der Waals surface area contributed by atoms with Crippen LogP contribution in [0.5, 0.6) is 0 Å². The second-order valence-corrected chi connectivity index (χ2v) is 8.24. The van der Waals surface area contributed by atoms with E-state index in [1.165, 1.54) is 21.6 Å². The fourth-order valence-corrected chi connectivity index (χ4v) is 5.41. The molecule has 1 saturated carbocycles. The minimum Gasteiger partial charge on any atom is -0.274 e. The van der Waals surface area contributed by atoms with Gasteiger partial charge >= 0.3 is 0 Å². The first-order valence-corrected chi connectivity index (χ1v) is 9.88. The molecule has 0 unspecified atom stereocenters. The van der Waals surface area contributed by atoms with Crippen molar-refractivity contribution >= 4 is 23.1 Å². The Morgan fingerprint density at radius 2 is 1.46 bits per heavy atom. The van der Waals surface area contributed by atoms with Crippen LogP contribution in [0.15, 0.2) is 66.3 Å². The number of allylic oxidation sites excluding steroid dienone is 4. The summed E-state index contributed by atoms with van der Waals surface area (Å²) in [6.07, 6.45) is 4.29. The van der Waals surface area contributed by atoms with Gasteiger partial charge in [0.05, 0.1) is 17.5 Å². The van der Waals surface area contributed by atoms with Crippen molar-refractivity contribution in [2.24, 2.45) is 23.7 Å². The Balaban J connectivity index is 1.56. The van der Waals surface area contributed by atoms with E-state index in [9.17, 15) is 9.59 Å². The molecular formula is C25H23NO2. The third-order valence-electron chi connectivity index (χ3n) is 6.65. The van der Waals surface area contributed by atoms with Gasteiger partial charge in [0.25, 0.3) is 0 Å². The SMILES string of the molecule is CC(=C1[C@H]2C=C[C@H]1[C@H]1C(=O)N(c3ccc(C)cc3C)C(=O)[C@H]12)c1ccccc1. The van der Waals surface area contributed by atoms with E-state index in [-0.39, 0.29) is 35.5 Å². The maximum absolute atomic E-state index is 13.4. The van der Waals surface area contributed by atoms with Crippen molar-refractivity contribution in [2.75, 3.05) is 4.90 Å². The minimum atomic E-state index is -0.267. The van der Waals surface area contributed by atoms with Crippen molar-refractivity contribution in [2.45, 2.75) is 20.8 Å². The molecule has 0 spiro atoms. The van der Waals surface area contributed by atoms with E-state index in [0.29, 0.717) is 0 Å². The number of carbonyl (C=O) groups is 2. The topological polar surface area (TPSA) is 37.4 Å². The summed E-state index contributed by atoms with van der Waals surface area (Å²) in [6, 6.07) is 16.2. The van der Waals surface area contributed by atoms with Gasteiger partial charge in [0.15, 0.2) is 0 Å². The van der Waals surface area contributed by atoms with Crippen molar-refractivity contribution < 1.29 is 9.59 Å². The van der Waals surface area contributed by atoms with Gasteiger partial charge in [0.1, 0.15) is 0 Å². The summed E-state index contributed by atoms with van der Waals surface area (Å²) in [5.74, 6) is -0.562. The first-order valence-electron chi connectivity index (χ1n) is 9.88. The Hall–Kier alpha value is -2.94. The van der Waals surface area contributed by atoms with E-state index < -0.39 is 0 Å². The second-order valence-electron chi connectivity index (χ2n) is 8.24. The number of aryl methyl sites for hydroxylation is 2. The average Bonchev–Trinajstić information content (AvgIpc) is 3.33. The molecule has 140 valence electrons. The lowest BCUT2D eigenvalue weighted by Gasteiger charge is -2.21. The van der Waals surface area contributed by atoms with Crippen LogP contribution in [0.1, 0.15) is 23.6 Å². The van der Waals surface area contributed by atoms with Crippen LogP contribution in [0.4, 0.5) is 5.69 Å². The number of fused-ring (bicyclic) bond motifs is 5. The molecule has 0 aromatic heterocycles. The largest absolute Gasteiger partial charge is 0.274 e. The minimum absolute atomic E-state index is 0.0300. The van der Waals surface area contributed by atoms with Crippen LogP contribution >= 0.6 is 0 Å². The van der Waals surface area contributed by atoms with Gasteiger partial charge in [0, 0.05) is 11.8 Å². The van der Waals surface area contributed by atoms with E-state index in [1.54, 1.807) is 0 Å². The van der Waals surface area contributed by atoms with E-state index in [0.717, 1.165) is 16.8 Å². The van der Waals surface area contributed by atoms with E-state index in [2.05, 4.69) is 31.2 Å². The highest BCUT2D eigenvalue weighted by Gasteiger charge is 2.62. The number of imide groups is 1. The molecule has 3 heteroatoms. The molecular weight excluding hydrogens is 346 g/mol. The molecule has 0 radical (unpaired) electrons. The summed E-state index contributed by atoms with van der Waals surface area (Å²) in [5.41, 5.74) is 6.46. The lowest BCUT2D eigenvalue weighted by Crippen LogP contribution is -2.33. The van der Waals surface area contributed by atoms with Gasteiger partial charge in [-0.1, -0.05) is 65.8 Å². The lowest BCUT2D eigenvalue weighted by atomic mass is 9.85. The van der Waals surface area contributed by atoms with Crippen LogP contribution < -0.4 is 4.90 Å². The molecule has 2 fully saturated rings. The molecule has 1 saturated heterocycles. The van der Waals surface area contributed by atoms with Crippen molar-refractivity contribution in [3.8, 4) is 0 Å². The standard InChI is InChI=1S/C25H23NO2/c1-14-9-12-20(15(2)13-14)26-24(27)22-18-10-11-19(23(22)25(26)28)21(18)16(3)17-7-5-4-6-8-17/h4-13,18-19,22-23H,1-3H3/t18-,19-,22-,23+/m1/s1. The maximum atomic E-state index is 13.4. The molecule has 2 bridgehead atoms. The van der Waals surface area contributed by atoms with Crippen LogP contribution in [-0.4, -0.2) is 11.8 Å². The molecule has 0 N–H and O–H groups in total. The molecule has 5 rings (SSSR count). The van der Waals surface area contributed by atoms with Gasteiger partial charge in [-0.3, -0.25) is 9.59 Å².